The lowest BCUT2D eigenvalue weighted by Gasteiger charge is -2.16. The fourth-order valence-electron chi connectivity index (χ4n) is 1.19. The second-order valence-electron chi connectivity index (χ2n) is 2.82. The number of primary amides is 1. The first-order valence-corrected chi connectivity index (χ1v) is 4.53. The van der Waals surface area contributed by atoms with Gasteiger partial charge in [0.1, 0.15) is 0 Å². The van der Waals surface area contributed by atoms with E-state index in [0.29, 0.717) is 5.02 Å². The molecule has 0 aromatic heterocycles. The predicted molar refractivity (Wildman–Crippen MR) is 56.0 cm³/mol. The molecule has 0 radical (unpaired) electrons. The first kappa shape index (κ1) is 10.8. The molecule has 5 heteroatoms. The van der Waals surface area contributed by atoms with E-state index in [0.717, 1.165) is 5.56 Å². The van der Waals surface area contributed by atoms with Gasteiger partial charge < -0.3 is 16.8 Å². The molecule has 0 bridgehead atoms. The molecule has 0 aliphatic rings. The van der Waals surface area contributed by atoms with Crippen molar-refractivity contribution in [3.8, 4) is 0 Å². The van der Waals surface area contributed by atoms with Crippen LogP contribution in [0.5, 0.6) is 0 Å². The van der Waals surface area contributed by atoms with Crippen LogP contribution in [0, 0.1) is 0 Å². The quantitative estimate of drug-likeness (QED) is 0.701. The van der Waals surface area contributed by atoms with Crippen LogP contribution in [0.4, 0.5) is 4.79 Å². The van der Waals surface area contributed by atoms with Crippen LogP contribution in [0.15, 0.2) is 24.3 Å². The van der Waals surface area contributed by atoms with E-state index < -0.39 is 6.03 Å². The number of carbonyl (C=O) groups excluding carboxylic acids is 1. The molecule has 2 amide bonds. The molecule has 1 atom stereocenters. The molecule has 76 valence electrons. The van der Waals surface area contributed by atoms with E-state index in [-0.39, 0.29) is 12.6 Å². The van der Waals surface area contributed by atoms with Crippen molar-refractivity contribution in [3.05, 3.63) is 34.9 Å². The minimum atomic E-state index is -0.611. The maximum absolute atomic E-state index is 10.7. The van der Waals surface area contributed by atoms with Crippen LogP contribution in [-0.4, -0.2) is 12.6 Å². The number of benzene rings is 1. The van der Waals surface area contributed by atoms with Gasteiger partial charge in [-0.3, -0.25) is 0 Å². The molecule has 0 saturated carbocycles. The Morgan fingerprint density at radius 1 is 1.50 bits per heavy atom. The van der Waals surface area contributed by atoms with Gasteiger partial charge in [0.2, 0.25) is 0 Å². The molecule has 0 aliphatic carbocycles. The van der Waals surface area contributed by atoms with Crippen molar-refractivity contribution in [1.29, 1.82) is 0 Å². The van der Waals surface area contributed by atoms with Gasteiger partial charge in [-0.2, -0.15) is 0 Å². The minimum Gasteiger partial charge on any atom is -0.352 e. The van der Waals surface area contributed by atoms with Crippen LogP contribution in [0.2, 0.25) is 5.02 Å². The van der Waals surface area contributed by atoms with Gasteiger partial charge in [-0.1, -0.05) is 29.8 Å². The van der Waals surface area contributed by atoms with Crippen molar-refractivity contribution in [1.82, 2.24) is 5.32 Å². The molecule has 0 unspecified atom stereocenters. The van der Waals surface area contributed by atoms with Gasteiger partial charge in [0, 0.05) is 11.6 Å². The van der Waals surface area contributed by atoms with Gasteiger partial charge in [0.25, 0.3) is 0 Å². The van der Waals surface area contributed by atoms with Crippen LogP contribution >= 0.6 is 11.6 Å². The summed E-state index contributed by atoms with van der Waals surface area (Å²) in [5.41, 5.74) is 11.3. The predicted octanol–water partition coefficient (Wildman–Crippen LogP) is 1.01. The Morgan fingerprint density at radius 2 is 2.14 bits per heavy atom. The highest BCUT2D eigenvalue weighted by Crippen LogP contribution is 2.21. The lowest BCUT2D eigenvalue weighted by Crippen LogP contribution is -2.37. The second kappa shape index (κ2) is 4.83. The van der Waals surface area contributed by atoms with Crippen molar-refractivity contribution in [3.63, 3.8) is 0 Å². The fourth-order valence-corrected chi connectivity index (χ4v) is 1.46. The smallest absolute Gasteiger partial charge is 0.312 e. The molecule has 5 N–H and O–H groups in total. The van der Waals surface area contributed by atoms with E-state index in [4.69, 9.17) is 23.1 Å². The highest BCUT2D eigenvalue weighted by molar-refractivity contribution is 6.31. The molecule has 4 nitrogen and oxygen atoms in total. The van der Waals surface area contributed by atoms with Gasteiger partial charge in [-0.25, -0.2) is 4.79 Å². The topological polar surface area (TPSA) is 81.1 Å². The number of nitrogens with one attached hydrogen (secondary N) is 1. The summed E-state index contributed by atoms with van der Waals surface area (Å²) in [5, 5.41) is 3.08. The highest BCUT2D eigenvalue weighted by Gasteiger charge is 2.13. The van der Waals surface area contributed by atoms with Crippen molar-refractivity contribution >= 4 is 17.6 Å². The normalized spacial score (nSPS) is 12.1. The zero-order valence-corrected chi connectivity index (χ0v) is 8.29. The van der Waals surface area contributed by atoms with E-state index in [1.165, 1.54) is 0 Å². The molecule has 0 heterocycles. The zero-order chi connectivity index (χ0) is 10.6. The molecule has 0 aliphatic heterocycles. The summed E-state index contributed by atoms with van der Waals surface area (Å²) in [6, 6.07) is 6.23. The number of amides is 2. The molecular formula is C9H12ClN3O. The summed E-state index contributed by atoms with van der Waals surface area (Å²) in [6.45, 7) is 0.257. The molecule has 1 aromatic carbocycles. The number of carbonyl (C=O) groups is 1. The first-order chi connectivity index (χ1) is 6.65. The Kier molecular flexibility index (Phi) is 3.73. The van der Waals surface area contributed by atoms with E-state index in [1.54, 1.807) is 12.1 Å². The van der Waals surface area contributed by atoms with Crippen LogP contribution in [0.25, 0.3) is 0 Å². The van der Waals surface area contributed by atoms with Crippen LogP contribution in [-0.2, 0) is 0 Å². The van der Waals surface area contributed by atoms with Crippen LogP contribution < -0.4 is 16.8 Å². The van der Waals surface area contributed by atoms with Gasteiger partial charge in [0.15, 0.2) is 0 Å². The molecular weight excluding hydrogens is 202 g/mol. The Morgan fingerprint density at radius 3 is 2.64 bits per heavy atom. The summed E-state index contributed by atoms with van der Waals surface area (Å²) < 4.78 is 0. The third-order valence-corrected chi connectivity index (χ3v) is 2.18. The number of urea groups is 1. The summed E-state index contributed by atoms with van der Waals surface area (Å²) in [6.07, 6.45) is 0. The summed E-state index contributed by atoms with van der Waals surface area (Å²) >= 11 is 5.93. The monoisotopic (exact) mass is 213 g/mol. The average molecular weight is 214 g/mol. The number of nitrogens with two attached hydrogens (primary N) is 2. The highest BCUT2D eigenvalue weighted by atomic mass is 35.5. The van der Waals surface area contributed by atoms with Gasteiger partial charge in [-0.05, 0) is 11.6 Å². The first-order valence-electron chi connectivity index (χ1n) is 4.15. The maximum Gasteiger partial charge on any atom is 0.312 e. The Balaban J connectivity index is 2.89. The maximum atomic E-state index is 10.7. The third-order valence-electron chi connectivity index (χ3n) is 1.83. The molecule has 1 rings (SSSR count). The molecule has 0 spiro atoms. The largest absolute Gasteiger partial charge is 0.352 e. The van der Waals surface area contributed by atoms with Crippen LogP contribution in [0.3, 0.4) is 0 Å². The standard InChI is InChI=1S/C9H12ClN3O/c10-7-4-2-1-3-6(7)8(5-11)13-9(12)14/h1-4,8H,5,11H2,(H3,12,13,14)/t8-/m0/s1. The van der Waals surface area contributed by atoms with Crippen molar-refractivity contribution in [2.45, 2.75) is 6.04 Å². The summed E-state index contributed by atoms with van der Waals surface area (Å²) in [4.78, 5) is 10.7. The van der Waals surface area contributed by atoms with Crippen molar-refractivity contribution in [2.24, 2.45) is 11.5 Å². The molecule has 1 aromatic rings. The van der Waals surface area contributed by atoms with Crippen LogP contribution in [0.1, 0.15) is 11.6 Å². The van der Waals surface area contributed by atoms with E-state index >= 15 is 0 Å². The molecule has 0 fully saturated rings. The zero-order valence-electron chi connectivity index (χ0n) is 7.53. The average Bonchev–Trinajstić information content (AvgIpc) is 2.15. The summed E-state index contributed by atoms with van der Waals surface area (Å²) in [5.74, 6) is 0. The fraction of sp³-hybridized carbons (Fsp3) is 0.222. The van der Waals surface area contributed by atoms with Crippen molar-refractivity contribution < 1.29 is 4.79 Å². The molecule has 14 heavy (non-hydrogen) atoms. The Hall–Kier alpha value is -1.26. The van der Waals surface area contributed by atoms with Crippen molar-refractivity contribution in [2.75, 3.05) is 6.54 Å². The van der Waals surface area contributed by atoms with Gasteiger partial charge in [-0.15, -0.1) is 0 Å². The van der Waals surface area contributed by atoms with Gasteiger partial charge in [0.05, 0.1) is 6.04 Å². The number of halogens is 1. The van der Waals surface area contributed by atoms with E-state index in [2.05, 4.69) is 5.32 Å². The van der Waals surface area contributed by atoms with Gasteiger partial charge >= 0.3 is 6.03 Å². The Bertz CT molecular complexity index is 330. The van der Waals surface area contributed by atoms with E-state index in [9.17, 15) is 4.79 Å². The molecule has 0 saturated heterocycles. The minimum absolute atomic E-state index is 0.257. The second-order valence-corrected chi connectivity index (χ2v) is 3.23. The third kappa shape index (κ3) is 2.61. The lowest BCUT2D eigenvalue weighted by atomic mass is 10.1. The SMILES string of the molecule is NC[C@H](NC(N)=O)c1ccccc1Cl. The number of rotatable bonds is 3. The van der Waals surface area contributed by atoms with E-state index in [1.807, 2.05) is 12.1 Å². The summed E-state index contributed by atoms with van der Waals surface area (Å²) in [7, 11) is 0. The Labute approximate surface area is 87.2 Å². The number of hydrogen-bond acceptors (Lipinski definition) is 2. The lowest BCUT2D eigenvalue weighted by molar-refractivity contribution is 0.245. The number of hydrogen-bond donors (Lipinski definition) is 3.